The minimum absolute atomic E-state index is 0.378. The molecule has 76 valence electrons. The second-order valence-electron chi connectivity index (χ2n) is 3.20. The summed E-state index contributed by atoms with van der Waals surface area (Å²) in [6.45, 7) is 3.05. The summed E-state index contributed by atoms with van der Waals surface area (Å²) < 4.78 is 10.5. The van der Waals surface area contributed by atoms with Crippen molar-refractivity contribution in [3.8, 4) is 5.88 Å². The second-order valence-corrected chi connectivity index (χ2v) is 3.20. The van der Waals surface area contributed by atoms with Gasteiger partial charge in [0.2, 0.25) is 5.88 Å². The minimum Gasteiger partial charge on any atom is -0.477 e. The molecule has 14 heavy (non-hydrogen) atoms. The first kappa shape index (κ1) is 9.43. The standard InChI is InChI=1S/C10H13NO3/c1-2-5-13-9-8-6-14-10(12)7(8)3-4-11-9/h3-4,10,12H,2,5-6H2,1H3. The van der Waals surface area contributed by atoms with Gasteiger partial charge in [0, 0.05) is 17.3 Å². The van der Waals surface area contributed by atoms with Gasteiger partial charge in [-0.15, -0.1) is 0 Å². The Morgan fingerprint density at radius 3 is 3.36 bits per heavy atom. The van der Waals surface area contributed by atoms with Crippen LogP contribution in [0.15, 0.2) is 12.3 Å². The summed E-state index contributed by atoms with van der Waals surface area (Å²) in [4.78, 5) is 4.11. The second kappa shape index (κ2) is 3.94. The number of hydrogen-bond donors (Lipinski definition) is 1. The molecular weight excluding hydrogens is 182 g/mol. The molecule has 1 aromatic rings. The maximum absolute atomic E-state index is 9.43. The van der Waals surface area contributed by atoms with Gasteiger partial charge in [0.05, 0.1) is 13.2 Å². The van der Waals surface area contributed by atoms with Crippen LogP contribution in [0.1, 0.15) is 30.8 Å². The Hall–Kier alpha value is -1.13. The number of aliphatic hydroxyl groups excluding tert-OH is 1. The average Bonchev–Trinajstić information content (AvgIpc) is 2.58. The van der Waals surface area contributed by atoms with E-state index in [1.54, 1.807) is 12.3 Å². The van der Waals surface area contributed by atoms with Crippen LogP contribution < -0.4 is 4.74 Å². The predicted molar refractivity (Wildman–Crippen MR) is 49.8 cm³/mol. The molecule has 0 saturated carbocycles. The van der Waals surface area contributed by atoms with Gasteiger partial charge in [-0.1, -0.05) is 6.92 Å². The van der Waals surface area contributed by atoms with Gasteiger partial charge in [0.15, 0.2) is 6.29 Å². The molecule has 0 aliphatic carbocycles. The summed E-state index contributed by atoms with van der Waals surface area (Å²) >= 11 is 0. The monoisotopic (exact) mass is 195 g/mol. The van der Waals surface area contributed by atoms with E-state index in [9.17, 15) is 5.11 Å². The smallest absolute Gasteiger partial charge is 0.219 e. The number of hydrogen-bond acceptors (Lipinski definition) is 4. The topological polar surface area (TPSA) is 51.6 Å². The third-order valence-electron chi connectivity index (χ3n) is 2.15. The fourth-order valence-electron chi connectivity index (χ4n) is 1.44. The van der Waals surface area contributed by atoms with Crippen molar-refractivity contribution >= 4 is 0 Å². The third-order valence-corrected chi connectivity index (χ3v) is 2.15. The van der Waals surface area contributed by atoms with E-state index in [0.717, 1.165) is 17.5 Å². The molecular formula is C10H13NO3. The first-order valence-corrected chi connectivity index (χ1v) is 4.73. The average molecular weight is 195 g/mol. The quantitative estimate of drug-likeness (QED) is 0.791. The van der Waals surface area contributed by atoms with Crippen LogP contribution in [0.5, 0.6) is 5.88 Å². The molecule has 0 spiro atoms. The molecule has 0 amide bonds. The van der Waals surface area contributed by atoms with Crippen molar-refractivity contribution in [1.82, 2.24) is 4.98 Å². The molecule has 4 heteroatoms. The molecule has 0 saturated heterocycles. The first-order valence-electron chi connectivity index (χ1n) is 4.73. The van der Waals surface area contributed by atoms with Crippen LogP contribution in [0.3, 0.4) is 0 Å². The van der Waals surface area contributed by atoms with Crippen LogP contribution in [-0.2, 0) is 11.3 Å². The fourth-order valence-corrected chi connectivity index (χ4v) is 1.44. The highest BCUT2D eigenvalue weighted by Gasteiger charge is 2.24. The van der Waals surface area contributed by atoms with Gasteiger partial charge in [-0.3, -0.25) is 0 Å². The van der Waals surface area contributed by atoms with E-state index in [4.69, 9.17) is 9.47 Å². The molecule has 1 aliphatic heterocycles. The van der Waals surface area contributed by atoms with Crippen molar-refractivity contribution in [3.63, 3.8) is 0 Å². The summed E-state index contributed by atoms with van der Waals surface area (Å²) in [6.07, 6.45) is 1.74. The SMILES string of the molecule is CCCOc1nccc2c1COC2O. The van der Waals surface area contributed by atoms with E-state index in [-0.39, 0.29) is 0 Å². The van der Waals surface area contributed by atoms with Crippen LogP contribution in [0, 0.1) is 0 Å². The molecule has 1 N–H and O–H groups in total. The van der Waals surface area contributed by atoms with Crippen molar-refractivity contribution in [1.29, 1.82) is 0 Å². The van der Waals surface area contributed by atoms with E-state index < -0.39 is 6.29 Å². The Morgan fingerprint density at radius 2 is 2.57 bits per heavy atom. The molecule has 2 rings (SSSR count). The molecule has 0 aromatic carbocycles. The van der Waals surface area contributed by atoms with Crippen molar-refractivity contribution in [2.24, 2.45) is 0 Å². The van der Waals surface area contributed by atoms with Crippen LogP contribution in [0.2, 0.25) is 0 Å². The Balaban J connectivity index is 2.25. The number of rotatable bonds is 3. The number of aromatic nitrogens is 1. The van der Waals surface area contributed by atoms with Gasteiger partial charge in [-0.25, -0.2) is 4.98 Å². The zero-order valence-corrected chi connectivity index (χ0v) is 8.06. The Labute approximate surface area is 82.5 Å². The van der Waals surface area contributed by atoms with Crippen LogP contribution in [0.4, 0.5) is 0 Å². The normalized spacial score (nSPS) is 19.4. The van der Waals surface area contributed by atoms with Crippen molar-refractivity contribution in [2.45, 2.75) is 26.2 Å². The van der Waals surface area contributed by atoms with Crippen LogP contribution in [-0.4, -0.2) is 16.7 Å². The van der Waals surface area contributed by atoms with E-state index >= 15 is 0 Å². The summed E-state index contributed by atoms with van der Waals surface area (Å²) in [7, 11) is 0. The first-order chi connectivity index (χ1) is 6.83. The van der Waals surface area contributed by atoms with Gasteiger partial charge >= 0.3 is 0 Å². The maximum atomic E-state index is 9.43. The summed E-state index contributed by atoms with van der Waals surface area (Å²) in [5, 5.41) is 9.43. The van der Waals surface area contributed by atoms with Crippen molar-refractivity contribution < 1.29 is 14.6 Å². The van der Waals surface area contributed by atoms with Crippen molar-refractivity contribution in [2.75, 3.05) is 6.61 Å². The highest BCUT2D eigenvalue weighted by molar-refractivity contribution is 5.36. The predicted octanol–water partition coefficient (Wildman–Crippen LogP) is 1.39. The Bertz CT molecular complexity index is 327. The minimum atomic E-state index is -0.822. The van der Waals surface area contributed by atoms with E-state index in [0.29, 0.717) is 19.1 Å². The van der Waals surface area contributed by atoms with Gasteiger partial charge in [-0.2, -0.15) is 0 Å². The lowest BCUT2D eigenvalue weighted by molar-refractivity contribution is -0.0919. The summed E-state index contributed by atoms with van der Waals surface area (Å²) in [6, 6.07) is 1.76. The third kappa shape index (κ3) is 1.58. The zero-order valence-electron chi connectivity index (χ0n) is 8.06. The molecule has 1 aromatic heterocycles. The molecule has 0 fully saturated rings. The van der Waals surface area contributed by atoms with E-state index in [2.05, 4.69) is 4.98 Å². The molecule has 0 bridgehead atoms. The van der Waals surface area contributed by atoms with Crippen LogP contribution >= 0.6 is 0 Å². The van der Waals surface area contributed by atoms with E-state index in [1.807, 2.05) is 6.92 Å². The summed E-state index contributed by atoms with van der Waals surface area (Å²) in [5.74, 6) is 0.584. The van der Waals surface area contributed by atoms with Crippen LogP contribution in [0.25, 0.3) is 0 Å². The number of ether oxygens (including phenoxy) is 2. The number of nitrogens with zero attached hydrogens (tertiary/aromatic N) is 1. The fraction of sp³-hybridized carbons (Fsp3) is 0.500. The highest BCUT2D eigenvalue weighted by Crippen LogP contribution is 2.33. The lowest BCUT2D eigenvalue weighted by atomic mass is 10.1. The largest absolute Gasteiger partial charge is 0.477 e. The maximum Gasteiger partial charge on any atom is 0.219 e. The van der Waals surface area contributed by atoms with Gasteiger partial charge in [-0.05, 0) is 12.5 Å². The van der Waals surface area contributed by atoms with Gasteiger partial charge < -0.3 is 14.6 Å². The lowest BCUT2D eigenvalue weighted by Gasteiger charge is -2.07. The Kier molecular flexibility index (Phi) is 2.65. The van der Waals surface area contributed by atoms with Gasteiger partial charge in [0.1, 0.15) is 0 Å². The van der Waals surface area contributed by atoms with Gasteiger partial charge in [0.25, 0.3) is 0 Å². The molecule has 0 radical (unpaired) electrons. The Morgan fingerprint density at radius 1 is 1.71 bits per heavy atom. The van der Waals surface area contributed by atoms with Crippen molar-refractivity contribution in [3.05, 3.63) is 23.4 Å². The molecule has 4 nitrogen and oxygen atoms in total. The molecule has 2 heterocycles. The summed E-state index contributed by atoms with van der Waals surface area (Å²) in [5.41, 5.74) is 1.64. The number of fused-ring (bicyclic) bond motifs is 1. The highest BCUT2D eigenvalue weighted by atomic mass is 16.6. The van der Waals surface area contributed by atoms with E-state index in [1.165, 1.54) is 0 Å². The zero-order chi connectivity index (χ0) is 9.97. The molecule has 1 atom stereocenters. The lowest BCUT2D eigenvalue weighted by Crippen LogP contribution is -2.01. The number of pyridine rings is 1. The molecule has 1 aliphatic rings. The molecule has 1 unspecified atom stereocenters. The number of aliphatic hydroxyl groups is 1.